The lowest BCUT2D eigenvalue weighted by molar-refractivity contribution is -0.139. The van der Waals surface area contributed by atoms with Gasteiger partial charge in [0, 0.05) is 6.04 Å². The molecule has 168 valence electrons. The molecule has 1 aliphatic heterocycles. The van der Waals surface area contributed by atoms with Crippen LogP contribution in [0.2, 0.25) is 0 Å². The number of amidine groups is 1. The van der Waals surface area contributed by atoms with Crippen molar-refractivity contribution in [3.63, 3.8) is 0 Å². The molecular weight excluding hydrogens is 428 g/mol. The number of aryl methyl sites for hydroxylation is 1. The van der Waals surface area contributed by atoms with Gasteiger partial charge < -0.3 is 14.6 Å². The SMILES string of the molecule is CC[C@@H](C)N1C(=O)/C(=C\c2ccc(OCC(=O)O)c(OC)c2)SC1=Nc1ccc(C)cc1. The highest BCUT2D eigenvalue weighted by Gasteiger charge is 2.36. The number of aliphatic carboxylic acids is 1. The van der Waals surface area contributed by atoms with Gasteiger partial charge in [-0.3, -0.25) is 9.69 Å². The van der Waals surface area contributed by atoms with Gasteiger partial charge in [0.1, 0.15) is 0 Å². The summed E-state index contributed by atoms with van der Waals surface area (Å²) in [6, 6.07) is 13.0. The lowest BCUT2D eigenvalue weighted by atomic mass is 10.1. The molecule has 8 heteroatoms. The van der Waals surface area contributed by atoms with Crippen LogP contribution in [0, 0.1) is 6.92 Å². The second-order valence-corrected chi connectivity index (χ2v) is 8.37. The maximum atomic E-state index is 13.2. The zero-order valence-corrected chi connectivity index (χ0v) is 19.3. The van der Waals surface area contributed by atoms with Gasteiger partial charge in [-0.15, -0.1) is 0 Å². The Labute approximate surface area is 191 Å². The minimum Gasteiger partial charge on any atom is -0.493 e. The summed E-state index contributed by atoms with van der Waals surface area (Å²) in [5.41, 5.74) is 2.68. The van der Waals surface area contributed by atoms with Gasteiger partial charge in [0.05, 0.1) is 17.7 Å². The van der Waals surface area contributed by atoms with Crippen LogP contribution in [0.5, 0.6) is 11.5 Å². The standard InChI is InChI=1S/C24H26N2O5S/c1-5-16(3)26-23(29)21(32-24(26)25-18-9-6-15(2)7-10-18)13-17-8-11-19(20(12-17)30-4)31-14-22(27)28/h6-13,16H,5,14H2,1-4H3,(H,27,28)/b21-13+,25-24?/t16-/m1/s1. The Hall–Kier alpha value is -3.26. The average molecular weight is 455 g/mol. The molecule has 2 aromatic carbocycles. The van der Waals surface area contributed by atoms with E-state index in [0.717, 1.165) is 23.2 Å². The van der Waals surface area contributed by atoms with Gasteiger partial charge in [0.25, 0.3) is 5.91 Å². The summed E-state index contributed by atoms with van der Waals surface area (Å²) in [6.07, 6.45) is 2.58. The van der Waals surface area contributed by atoms with Gasteiger partial charge in [0.2, 0.25) is 0 Å². The second kappa shape index (κ2) is 10.4. The van der Waals surface area contributed by atoms with Crippen molar-refractivity contribution in [2.45, 2.75) is 33.2 Å². The number of amides is 1. The molecular formula is C24H26N2O5S. The third kappa shape index (κ3) is 5.50. The molecule has 2 aromatic rings. The zero-order chi connectivity index (χ0) is 23.3. The Morgan fingerprint density at radius 1 is 1.22 bits per heavy atom. The second-order valence-electron chi connectivity index (χ2n) is 7.37. The number of aliphatic imine (C=N–C) groups is 1. The fraction of sp³-hybridized carbons (Fsp3) is 0.292. The summed E-state index contributed by atoms with van der Waals surface area (Å²) in [5.74, 6) is -0.453. The molecule has 1 aliphatic rings. The fourth-order valence-corrected chi connectivity index (χ4v) is 4.14. The molecule has 0 aliphatic carbocycles. The Balaban J connectivity index is 1.92. The first kappa shape index (κ1) is 23.4. The minimum atomic E-state index is -1.07. The van der Waals surface area contributed by atoms with E-state index in [1.807, 2.05) is 45.0 Å². The van der Waals surface area contributed by atoms with Crippen molar-refractivity contribution in [2.24, 2.45) is 4.99 Å². The molecule has 32 heavy (non-hydrogen) atoms. The van der Waals surface area contributed by atoms with Crippen molar-refractivity contribution in [2.75, 3.05) is 13.7 Å². The highest BCUT2D eigenvalue weighted by atomic mass is 32.2. The van der Waals surface area contributed by atoms with E-state index >= 15 is 0 Å². The van der Waals surface area contributed by atoms with Crippen LogP contribution in [0.25, 0.3) is 6.08 Å². The van der Waals surface area contributed by atoms with Crippen molar-refractivity contribution in [1.29, 1.82) is 0 Å². The fourth-order valence-electron chi connectivity index (χ4n) is 3.05. The molecule has 0 radical (unpaired) electrons. The predicted octanol–water partition coefficient (Wildman–Crippen LogP) is 4.87. The topological polar surface area (TPSA) is 88.4 Å². The normalized spacial score (nSPS) is 17.1. The number of carbonyl (C=O) groups is 2. The molecule has 1 N–H and O–H groups in total. The molecule has 1 atom stereocenters. The van der Waals surface area contributed by atoms with E-state index in [4.69, 9.17) is 19.6 Å². The number of thioether (sulfide) groups is 1. The van der Waals surface area contributed by atoms with E-state index in [1.54, 1.807) is 29.2 Å². The van der Waals surface area contributed by atoms with Crippen molar-refractivity contribution < 1.29 is 24.2 Å². The number of benzene rings is 2. The number of hydrogen-bond acceptors (Lipinski definition) is 6. The molecule has 0 saturated carbocycles. The number of carbonyl (C=O) groups excluding carboxylic acids is 1. The molecule has 3 rings (SSSR count). The first-order valence-electron chi connectivity index (χ1n) is 10.2. The van der Waals surface area contributed by atoms with Gasteiger partial charge in [-0.25, -0.2) is 9.79 Å². The van der Waals surface area contributed by atoms with Crippen LogP contribution in [-0.2, 0) is 9.59 Å². The summed E-state index contributed by atoms with van der Waals surface area (Å²) in [7, 11) is 1.48. The number of hydrogen-bond donors (Lipinski definition) is 1. The van der Waals surface area contributed by atoms with E-state index < -0.39 is 12.6 Å². The van der Waals surface area contributed by atoms with Crippen molar-refractivity contribution in [3.05, 3.63) is 58.5 Å². The number of ether oxygens (including phenoxy) is 2. The highest BCUT2D eigenvalue weighted by molar-refractivity contribution is 8.18. The Morgan fingerprint density at radius 2 is 1.94 bits per heavy atom. The minimum absolute atomic E-state index is 0.00595. The number of rotatable bonds is 8. The lowest BCUT2D eigenvalue weighted by Crippen LogP contribution is -2.36. The van der Waals surface area contributed by atoms with Gasteiger partial charge in [-0.05, 0) is 67.9 Å². The van der Waals surface area contributed by atoms with Gasteiger partial charge in [0.15, 0.2) is 23.3 Å². The Kier molecular flexibility index (Phi) is 7.58. The van der Waals surface area contributed by atoms with E-state index in [0.29, 0.717) is 21.6 Å². The third-order valence-corrected chi connectivity index (χ3v) is 5.95. The number of methoxy groups -OCH3 is 1. The van der Waals surface area contributed by atoms with Crippen LogP contribution in [0.1, 0.15) is 31.4 Å². The van der Waals surface area contributed by atoms with E-state index in [1.165, 1.54) is 18.9 Å². The smallest absolute Gasteiger partial charge is 0.341 e. The van der Waals surface area contributed by atoms with Crippen LogP contribution in [-0.4, -0.2) is 46.8 Å². The Bertz CT molecular complexity index is 1060. The zero-order valence-electron chi connectivity index (χ0n) is 18.5. The summed E-state index contributed by atoms with van der Waals surface area (Å²) in [4.78, 5) is 31.0. The highest BCUT2D eigenvalue weighted by Crippen LogP contribution is 2.37. The van der Waals surface area contributed by atoms with E-state index in [9.17, 15) is 9.59 Å². The van der Waals surface area contributed by atoms with E-state index in [-0.39, 0.29) is 11.9 Å². The molecule has 7 nitrogen and oxygen atoms in total. The van der Waals surface area contributed by atoms with Crippen molar-refractivity contribution in [3.8, 4) is 11.5 Å². The van der Waals surface area contributed by atoms with Crippen LogP contribution in [0.3, 0.4) is 0 Å². The summed E-state index contributed by atoms with van der Waals surface area (Å²) in [5, 5.41) is 9.46. The van der Waals surface area contributed by atoms with Gasteiger partial charge in [-0.2, -0.15) is 0 Å². The number of nitrogens with zero attached hydrogens (tertiary/aromatic N) is 2. The van der Waals surface area contributed by atoms with Crippen molar-refractivity contribution in [1.82, 2.24) is 4.90 Å². The van der Waals surface area contributed by atoms with Gasteiger partial charge >= 0.3 is 5.97 Å². The van der Waals surface area contributed by atoms with Crippen LogP contribution >= 0.6 is 11.8 Å². The number of carboxylic acids is 1. The molecule has 1 saturated heterocycles. The first-order chi connectivity index (χ1) is 15.3. The quantitative estimate of drug-likeness (QED) is 0.573. The molecule has 1 heterocycles. The lowest BCUT2D eigenvalue weighted by Gasteiger charge is -2.22. The Morgan fingerprint density at radius 3 is 2.56 bits per heavy atom. The van der Waals surface area contributed by atoms with Gasteiger partial charge in [-0.1, -0.05) is 30.7 Å². The third-order valence-electron chi connectivity index (χ3n) is 4.96. The van der Waals surface area contributed by atoms with Crippen LogP contribution in [0.15, 0.2) is 52.4 Å². The molecule has 0 spiro atoms. The monoisotopic (exact) mass is 454 g/mol. The molecule has 0 unspecified atom stereocenters. The largest absolute Gasteiger partial charge is 0.493 e. The van der Waals surface area contributed by atoms with Crippen LogP contribution in [0.4, 0.5) is 5.69 Å². The molecule has 1 amide bonds. The molecule has 0 bridgehead atoms. The van der Waals surface area contributed by atoms with E-state index in [2.05, 4.69) is 0 Å². The summed E-state index contributed by atoms with van der Waals surface area (Å²) < 4.78 is 10.6. The van der Waals surface area contributed by atoms with Crippen LogP contribution < -0.4 is 9.47 Å². The summed E-state index contributed by atoms with van der Waals surface area (Å²) in [6.45, 7) is 5.59. The van der Waals surface area contributed by atoms with Crippen molar-refractivity contribution >= 4 is 40.6 Å². The summed E-state index contributed by atoms with van der Waals surface area (Å²) >= 11 is 1.33. The average Bonchev–Trinajstić information content (AvgIpc) is 3.08. The molecule has 1 fully saturated rings. The maximum absolute atomic E-state index is 13.2. The number of carboxylic acid groups (broad SMARTS) is 1. The predicted molar refractivity (Wildman–Crippen MR) is 127 cm³/mol. The first-order valence-corrected chi connectivity index (χ1v) is 11.0. The molecule has 0 aromatic heterocycles. The maximum Gasteiger partial charge on any atom is 0.341 e.